The largest absolute Gasteiger partial charge is 0.330 e. The molecule has 0 aliphatic carbocycles. The van der Waals surface area contributed by atoms with E-state index in [0.717, 1.165) is 25.6 Å². The summed E-state index contributed by atoms with van der Waals surface area (Å²) in [5.41, 5.74) is 5.49. The predicted octanol–water partition coefficient (Wildman–Crippen LogP) is 1.19. The molecule has 0 aromatic rings. The van der Waals surface area contributed by atoms with Crippen molar-refractivity contribution < 1.29 is 0 Å². The summed E-state index contributed by atoms with van der Waals surface area (Å²) in [5.74, 6) is 0. The van der Waals surface area contributed by atoms with Crippen LogP contribution < -0.4 is 11.1 Å². The van der Waals surface area contributed by atoms with E-state index in [9.17, 15) is 0 Å². The lowest BCUT2D eigenvalue weighted by molar-refractivity contribution is 0.229. The van der Waals surface area contributed by atoms with Gasteiger partial charge in [0.1, 0.15) is 0 Å². The Morgan fingerprint density at radius 2 is 2.13 bits per heavy atom. The van der Waals surface area contributed by atoms with Gasteiger partial charge >= 0.3 is 0 Å². The predicted molar refractivity (Wildman–Crippen MR) is 66.0 cm³/mol. The fraction of sp³-hybridized carbons (Fsp3) is 1.00. The summed E-state index contributed by atoms with van der Waals surface area (Å²) in [4.78, 5) is 2.59. The number of nitrogens with zero attached hydrogens (tertiary/aromatic N) is 1. The number of hydrogen-bond donors (Lipinski definition) is 2. The maximum atomic E-state index is 5.49. The number of likely N-dealkylation sites (tertiary alicyclic amines) is 1. The van der Waals surface area contributed by atoms with Crippen molar-refractivity contribution in [2.45, 2.75) is 51.6 Å². The van der Waals surface area contributed by atoms with Gasteiger partial charge in [0, 0.05) is 12.1 Å². The van der Waals surface area contributed by atoms with Gasteiger partial charge in [-0.1, -0.05) is 0 Å². The Kier molecular flexibility index (Phi) is 6.22. The molecule has 1 rings (SSSR count). The molecule has 1 aliphatic rings. The maximum absolute atomic E-state index is 5.49. The van der Waals surface area contributed by atoms with Crippen LogP contribution in [0, 0.1) is 0 Å². The highest BCUT2D eigenvalue weighted by atomic mass is 15.1. The molecule has 0 spiro atoms. The second kappa shape index (κ2) is 7.20. The molecule has 1 saturated heterocycles. The second-order valence-corrected chi connectivity index (χ2v) is 4.85. The summed E-state index contributed by atoms with van der Waals surface area (Å²) in [6, 6.07) is 1.42. The molecule has 0 amide bonds. The maximum Gasteiger partial charge on any atom is 0.00797 e. The van der Waals surface area contributed by atoms with Crippen LogP contribution >= 0.6 is 0 Å². The average molecular weight is 213 g/mol. The molecule has 1 heterocycles. The summed E-state index contributed by atoms with van der Waals surface area (Å²) in [6.07, 6.45) is 5.05. The smallest absolute Gasteiger partial charge is 0.00797 e. The zero-order chi connectivity index (χ0) is 11.1. The van der Waals surface area contributed by atoms with Gasteiger partial charge in [0.25, 0.3) is 0 Å². The molecule has 0 bridgehead atoms. The van der Waals surface area contributed by atoms with Crippen molar-refractivity contribution in [3.05, 3.63) is 0 Å². The Labute approximate surface area is 94.4 Å². The van der Waals surface area contributed by atoms with Gasteiger partial charge in [0.05, 0.1) is 0 Å². The zero-order valence-electron chi connectivity index (χ0n) is 10.3. The molecule has 15 heavy (non-hydrogen) atoms. The summed E-state index contributed by atoms with van der Waals surface area (Å²) >= 11 is 0. The molecule has 0 saturated carbocycles. The van der Waals surface area contributed by atoms with E-state index < -0.39 is 0 Å². The SMILES string of the molecule is CC(C)N1CCCC(NCCCN)CC1. The van der Waals surface area contributed by atoms with Gasteiger partial charge in [-0.3, -0.25) is 0 Å². The van der Waals surface area contributed by atoms with Crippen LogP contribution in [0.25, 0.3) is 0 Å². The number of rotatable bonds is 5. The molecule has 90 valence electrons. The van der Waals surface area contributed by atoms with Crippen LogP contribution in [-0.4, -0.2) is 43.2 Å². The van der Waals surface area contributed by atoms with E-state index in [4.69, 9.17) is 5.73 Å². The highest BCUT2D eigenvalue weighted by Gasteiger charge is 2.17. The molecule has 3 N–H and O–H groups in total. The minimum Gasteiger partial charge on any atom is -0.330 e. The lowest BCUT2D eigenvalue weighted by Gasteiger charge is -2.24. The first-order valence-corrected chi connectivity index (χ1v) is 6.41. The molecular formula is C12H27N3. The lowest BCUT2D eigenvalue weighted by Crippen LogP contribution is -2.34. The van der Waals surface area contributed by atoms with E-state index in [2.05, 4.69) is 24.1 Å². The minimum atomic E-state index is 0.702. The molecule has 1 fully saturated rings. The molecule has 3 nitrogen and oxygen atoms in total. The molecule has 1 unspecified atom stereocenters. The second-order valence-electron chi connectivity index (χ2n) is 4.85. The first-order chi connectivity index (χ1) is 7.24. The Morgan fingerprint density at radius 1 is 1.33 bits per heavy atom. The van der Waals surface area contributed by atoms with Crippen LogP contribution in [0.4, 0.5) is 0 Å². The van der Waals surface area contributed by atoms with E-state index in [-0.39, 0.29) is 0 Å². The molecule has 0 aromatic carbocycles. The highest BCUT2D eigenvalue weighted by Crippen LogP contribution is 2.13. The average Bonchev–Trinajstić information content (AvgIpc) is 2.44. The summed E-state index contributed by atoms with van der Waals surface area (Å²) in [7, 11) is 0. The molecule has 1 atom stereocenters. The van der Waals surface area contributed by atoms with Crippen LogP contribution in [0.3, 0.4) is 0 Å². The van der Waals surface area contributed by atoms with E-state index >= 15 is 0 Å². The monoisotopic (exact) mass is 213 g/mol. The summed E-state index contributed by atoms with van der Waals surface area (Å²) in [6.45, 7) is 9.00. The van der Waals surface area contributed by atoms with Crippen molar-refractivity contribution >= 4 is 0 Å². The third-order valence-corrected chi connectivity index (χ3v) is 3.31. The summed E-state index contributed by atoms with van der Waals surface area (Å²) < 4.78 is 0. The van der Waals surface area contributed by atoms with E-state index in [1.54, 1.807) is 0 Å². The van der Waals surface area contributed by atoms with Crippen molar-refractivity contribution in [1.82, 2.24) is 10.2 Å². The molecule has 1 aliphatic heterocycles. The highest BCUT2D eigenvalue weighted by molar-refractivity contribution is 4.76. The summed E-state index contributed by atoms with van der Waals surface area (Å²) in [5, 5.41) is 3.62. The van der Waals surface area contributed by atoms with Crippen molar-refractivity contribution in [3.63, 3.8) is 0 Å². The Morgan fingerprint density at radius 3 is 2.80 bits per heavy atom. The van der Waals surface area contributed by atoms with Gasteiger partial charge in [0.15, 0.2) is 0 Å². The molecular weight excluding hydrogens is 186 g/mol. The van der Waals surface area contributed by atoms with Crippen molar-refractivity contribution in [2.24, 2.45) is 5.73 Å². The normalized spacial score (nSPS) is 24.4. The van der Waals surface area contributed by atoms with Crippen LogP contribution in [0.5, 0.6) is 0 Å². The number of hydrogen-bond acceptors (Lipinski definition) is 3. The van der Waals surface area contributed by atoms with Gasteiger partial charge in [0.2, 0.25) is 0 Å². The van der Waals surface area contributed by atoms with Gasteiger partial charge < -0.3 is 16.0 Å². The standard InChI is InChI=1S/C12H27N3/c1-11(2)15-9-3-5-12(6-10-15)14-8-4-7-13/h11-12,14H,3-10,13H2,1-2H3. The zero-order valence-corrected chi connectivity index (χ0v) is 10.3. The number of nitrogens with one attached hydrogen (secondary N) is 1. The van der Waals surface area contributed by atoms with Crippen LogP contribution in [0.2, 0.25) is 0 Å². The van der Waals surface area contributed by atoms with Gasteiger partial charge in [-0.2, -0.15) is 0 Å². The quantitative estimate of drug-likeness (QED) is 0.674. The van der Waals surface area contributed by atoms with Gasteiger partial charge in [-0.15, -0.1) is 0 Å². The van der Waals surface area contributed by atoms with Crippen molar-refractivity contribution in [1.29, 1.82) is 0 Å². The Bertz CT molecular complexity index is 159. The Balaban J connectivity index is 2.20. The Hall–Kier alpha value is -0.120. The topological polar surface area (TPSA) is 41.3 Å². The third-order valence-electron chi connectivity index (χ3n) is 3.31. The first kappa shape index (κ1) is 12.9. The lowest BCUT2D eigenvalue weighted by atomic mass is 10.1. The van der Waals surface area contributed by atoms with Crippen LogP contribution in [0.1, 0.15) is 39.5 Å². The van der Waals surface area contributed by atoms with Crippen molar-refractivity contribution in [3.8, 4) is 0 Å². The third kappa shape index (κ3) is 4.96. The fourth-order valence-corrected chi connectivity index (χ4v) is 2.25. The minimum absolute atomic E-state index is 0.702. The van der Waals surface area contributed by atoms with Crippen LogP contribution in [0.15, 0.2) is 0 Å². The molecule has 0 aromatic heterocycles. The number of nitrogens with two attached hydrogens (primary N) is 1. The van der Waals surface area contributed by atoms with E-state index in [1.165, 1.54) is 32.4 Å². The molecule has 0 radical (unpaired) electrons. The molecule has 3 heteroatoms. The fourth-order valence-electron chi connectivity index (χ4n) is 2.25. The first-order valence-electron chi connectivity index (χ1n) is 6.41. The van der Waals surface area contributed by atoms with E-state index in [1.807, 2.05) is 0 Å². The van der Waals surface area contributed by atoms with Gasteiger partial charge in [-0.25, -0.2) is 0 Å². The van der Waals surface area contributed by atoms with Gasteiger partial charge in [-0.05, 0) is 65.7 Å². The van der Waals surface area contributed by atoms with E-state index in [0.29, 0.717) is 6.04 Å². The van der Waals surface area contributed by atoms with Crippen molar-refractivity contribution in [2.75, 3.05) is 26.2 Å². The van der Waals surface area contributed by atoms with Crippen LogP contribution in [-0.2, 0) is 0 Å².